The molecule has 0 unspecified atom stereocenters. The molecular weight excluding hydrogens is 354 g/mol. The second-order valence-corrected chi connectivity index (χ2v) is 9.24. The number of carbonyl (C=O) groups is 1. The van der Waals surface area contributed by atoms with Gasteiger partial charge in [-0.2, -0.15) is 0 Å². The number of carbonyl (C=O) groups excluding carboxylic acids is 1. The molecule has 2 atom stereocenters. The summed E-state index contributed by atoms with van der Waals surface area (Å²) in [6.45, 7) is 11.6. The predicted molar refractivity (Wildman–Crippen MR) is 112 cm³/mol. The summed E-state index contributed by atoms with van der Waals surface area (Å²) in [7, 11) is 0. The van der Waals surface area contributed by atoms with E-state index in [1.165, 1.54) is 5.56 Å². The van der Waals surface area contributed by atoms with Gasteiger partial charge in [0.05, 0.1) is 10.7 Å². The van der Waals surface area contributed by atoms with Crippen LogP contribution in [0.5, 0.6) is 0 Å². The van der Waals surface area contributed by atoms with Crippen molar-refractivity contribution in [2.75, 3.05) is 13.1 Å². The molecular formula is C22H31N3OS. The van der Waals surface area contributed by atoms with Gasteiger partial charge in [0, 0.05) is 25.6 Å². The molecule has 0 bridgehead atoms. The first-order chi connectivity index (χ1) is 12.9. The lowest BCUT2D eigenvalue weighted by molar-refractivity contribution is 0.0930. The summed E-state index contributed by atoms with van der Waals surface area (Å²) in [5.74, 6) is 1.09. The molecule has 0 saturated carbocycles. The highest BCUT2D eigenvalue weighted by molar-refractivity contribution is 7.13. The Bertz CT molecular complexity index is 756. The molecule has 4 nitrogen and oxygen atoms in total. The zero-order valence-corrected chi connectivity index (χ0v) is 17.7. The van der Waals surface area contributed by atoms with Gasteiger partial charge in [0.25, 0.3) is 5.91 Å². The van der Waals surface area contributed by atoms with Crippen LogP contribution in [0.15, 0.2) is 30.3 Å². The van der Waals surface area contributed by atoms with Gasteiger partial charge in [0.2, 0.25) is 0 Å². The van der Waals surface area contributed by atoms with Crippen molar-refractivity contribution in [2.24, 2.45) is 11.8 Å². The van der Waals surface area contributed by atoms with Gasteiger partial charge in [-0.3, -0.25) is 9.69 Å². The summed E-state index contributed by atoms with van der Waals surface area (Å²) < 4.78 is 0. The lowest BCUT2D eigenvalue weighted by Gasteiger charge is -2.21. The second kappa shape index (κ2) is 8.98. The van der Waals surface area contributed by atoms with Crippen LogP contribution in [0.25, 0.3) is 0 Å². The number of aromatic nitrogens is 1. The molecule has 5 heteroatoms. The zero-order chi connectivity index (χ0) is 19.4. The maximum Gasteiger partial charge on any atom is 0.263 e. The van der Waals surface area contributed by atoms with E-state index in [4.69, 9.17) is 0 Å². The zero-order valence-electron chi connectivity index (χ0n) is 16.9. The normalized spacial score (nSPS) is 18.8. The highest BCUT2D eigenvalue weighted by Crippen LogP contribution is 2.24. The molecule has 1 aromatic heterocycles. The Kier molecular flexibility index (Phi) is 6.66. The molecule has 1 N–H and O–H groups in total. The SMILES string of the molecule is Cc1nc(CC(C)C)sc1C(=O)N[C@@H](C)[C@H]1CCN(Cc2ccccc2)C1. The van der Waals surface area contributed by atoms with E-state index in [0.717, 1.165) is 48.1 Å². The largest absolute Gasteiger partial charge is 0.349 e. The summed E-state index contributed by atoms with van der Waals surface area (Å²) in [5.41, 5.74) is 2.21. The summed E-state index contributed by atoms with van der Waals surface area (Å²) >= 11 is 1.55. The van der Waals surface area contributed by atoms with Crippen molar-refractivity contribution in [3.05, 3.63) is 51.5 Å². The van der Waals surface area contributed by atoms with Crippen molar-refractivity contribution < 1.29 is 4.79 Å². The van der Waals surface area contributed by atoms with Crippen LogP contribution in [0.3, 0.4) is 0 Å². The molecule has 2 aromatic rings. The van der Waals surface area contributed by atoms with Crippen LogP contribution in [-0.4, -0.2) is 34.9 Å². The number of hydrogen-bond acceptors (Lipinski definition) is 4. The van der Waals surface area contributed by atoms with E-state index in [1.54, 1.807) is 11.3 Å². The van der Waals surface area contributed by atoms with Crippen LogP contribution in [0.4, 0.5) is 0 Å². The molecule has 0 aliphatic carbocycles. The number of nitrogens with one attached hydrogen (secondary N) is 1. The first kappa shape index (κ1) is 20.0. The number of aryl methyl sites for hydroxylation is 1. The maximum absolute atomic E-state index is 12.8. The van der Waals surface area contributed by atoms with Crippen LogP contribution in [0.1, 0.15) is 53.1 Å². The third-order valence-electron chi connectivity index (χ3n) is 5.25. The van der Waals surface area contributed by atoms with Gasteiger partial charge in [-0.1, -0.05) is 44.2 Å². The van der Waals surface area contributed by atoms with Crippen molar-refractivity contribution in [1.82, 2.24) is 15.2 Å². The molecule has 0 radical (unpaired) electrons. The monoisotopic (exact) mass is 385 g/mol. The van der Waals surface area contributed by atoms with Gasteiger partial charge in [-0.15, -0.1) is 11.3 Å². The predicted octanol–water partition coefficient (Wildman–Crippen LogP) is 4.29. The average Bonchev–Trinajstić information content (AvgIpc) is 3.22. The minimum absolute atomic E-state index is 0.0361. The highest BCUT2D eigenvalue weighted by Gasteiger charge is 2.29. The van der Waals surface area contributed by atoms with Gasteiger partial charge < -0.3 is 5.32 Å². The Morgan fingerprint density at radius 2 is 2.04 bits per heavy atom. The van der Waals surface area contributed by atoms with E-state index in [1.807, 2.05) is 6.92 Å². The van der Waals surface area contributed by atoms with Gasteiger partial charge in [-0.05, 0) is 44.2 Å². The van der Waals surface area contributed by atoms with Gasteiger partial charge in [-0.25, -0.2) is 4.98 Å². The fourth-order valence-corrected chi connectivity index (χ4v) is 4.93. The summed E-state index contributed by atoms with van der Waals surface area (Å²) in [5, 5.41) is 4.30. The molecule has 146 valence electrons. The summed E-state index contributed by atoms with van der Waals surface area (Å²) in [6, 6.07) is 10.8. The molecule has 1 aliphatic rings. The first-order valence-corrected chi connectivity index (χ1v) is 10.8. The molecule has 2 heterocycles. The molecule has 1 aromatic carbocycles. The number of nitrogens with zero attached hydrogens (tertiary/aromatic N) is 2. The second-order valence-electron chi connectivity index (χ2n) is 8.15. The minimum Gasteiger partial charge on any atom is -0.349 e. The average molecular weight is 386 g/mol. The Hall–Kier alpha value is -1.72. The Labute approximate surface area is 167 Å². The summed E-state index contributed by atoms with van der Waals surface area (Å²) in [4.78, 5) is 20.6. The topological polar surface area (TPSA) is 45.2 Å². The van der Waals surface area contributed by atoms with Crippen molar-refractivity contribution in [2.45, 2.75) is 53.1 Å². The maximum atomic E-state index is 12.8. The molecule has 1 saturated heterocycles. The summed E-state index contributed by atoms with van der Waals surface area (Å²) in [6.07, 6.45) is 2.07. The number of thiazole rings is 1. The number of amides is 1. The minimum atomic E-state index is 0.0361. The molecule has 0 spiro atoms. The lowest BCUT2D eigenvalue weighted by Crippen LogP contribution is -2.39. The Balaban J connectivity index is 1.54. The number of benzene rings is 1. The number of likely N-dealkylation sites (tertiary alicyclic amines) is 1. The third-order valence-corrected chi connectivity index (χ3v) is 6.43. The van der Waals surface area contributed by atoms with Gasteiger partial charge >= 0.3 is 0 Å². The van der Waals surface area contributed by atoms with E-state index < -0.39 is 0 Å². The Morgan fingerprint density at radius 3 is 2.74 bits per heavy atom. The molecule has 27 heavy (non-hydrogen) atoms. The molecule has 1 aliphatic heterocycles. The molecule has 3 rings (SSSR count). The van der Waals surface area contributed by atoms with Crippen molar-refractivity contribution >= 4 is 17.2 Å². The van der Waals surface area contributed by atoms with Crippen molar-refractivity contribution in [1.29, 1.82) is 0 Å². The van der Waals surface area contributed by atoms with Crippen molar-refractivity contribution in [3.8, 4) is 0 Å². The van der Waals surface area contributed by atoms with E-state index in [-0.39, 0.29) is 11.9 Å². The fraction of sp³-hybridized carbons (Fsp3) is 0.545. The van der Waals surface area contributed by atoms with E-state index in [2.05, 4.69) is 66.3 Å². The van der Waals surface area contributed by atoms with Crippen LogP contribution in [0.2, 0.25) is 0 Å². The number of rotatable bonds is 7. The highest BCUT2D eigenvalue weighted by atomic mass is 32.1. The number of hydrogen-bond donors (Lipinski definition) is 1. The van der Waals surface area contributed by atoms with Gasteiger partial charge in [0.15, 0.2) is 0 Å². The van der Waals surface area contributed by atoms with E-state index >= 15 is 0 Å². The fourth-order valence-electron chi connectivity index (χ4n) is 3.75. The van der Waals surface area contributed by atoms with E-state index in [9.17, 15) is 4.79 Å². The van der Waals surface area contributed by atoms with Crippen LogP contribution < -0.4 is 5.32 Å². The van der Waals surface area contributed by atoms with Crippen LogP contribution in [-0.2, 0) is 13.0 Å². The van der Waals surface area contributed by atoms with Gasteiger partial charge in [0.1, 0.15) is 4.88 Å². The third kappa shape index (κ3) is 5.39. The lowest BCUT2D eigenvalue weighted by atomic mass is 10.0. The van der Waals surface area contributed by atoms with E-state index in [0.29, 0.717) is 11.8 Å². The standard InChI is InChI=1S/C22H31N3OS/c1-15(2)12-20-23-17(4)21(27-20)22(26)24-16(3)19-10-11-25(14-19)13-18-8-6-5-7-9-18/h5-9,15-16,19H,10-14H2,1-4H3,(H,24,26)/t16-,19-/m0/s1. The first-order valence-electron chi connectivity index (χ1n) is 9.95. The Morgan fingerprint density at radius 1 is 1.30 bits per heavy atom. The van der Waals surface area contributed by atoms with Crippen molar-refractivity contribution in [3.63, 3.8) is 0 Å². The quantitative estimate of drug-likeness (QED) is 0.773. The molecule has 1 amide bonds. The van der Waals surface area contributed by atoms with Crippen LogP contribution in [0, 0.1) is 18.8 Å². The molecule has 1 fully saturated rings. The van der Waals surface area contributed by atoms with Crippen LogP contribution >= 0.6 is 11.3 Å². The smallest absolute Gasteiger partial charge is 0.263 e.